The molecule has 15 heteroatoms. The van der Waals surface area contributed by atoms with Crippen molar-refractivity contribution in [2.75, 3.05) is 29.5 Å². The van der Waals surface area contributed by atoms with Gasteiger partial charge in [0.1, 0.15) is 28.7 Å². The summed E-state index contributed by atoms with van der Waals surface area (Å²) in [7, 11) is -6.87. The molecule has 4 aromatic carbocycles. The Morgan fingerprint density at radius 1 is 0.648 bits per heavy atom. The zero-order valence-corrected chi connectivity index (χ0v) is 53.8. The molecule has 88 heavy (non-hydrogen) atoms. The van der Waals surface area contributed by atoms with E-state index >= 15 is 0 Å². The molecular formula is C73H88N2O11S2. The summed E-state index contributed by atoms with van der Waals surface area (Å²) in [5, 5.41) is 21.8. The van der Waals surface area contributed by atoms with Crippen LogP contribution in [0.5, 0.6) is 11.5 Å². The minimum Gasteiger partial charge on any atom is -0.748 e. The van der Waals surface area contributed by atoms with Gasteiger partial charge in [-0.25, -0.2) is 26.4 Å². The first kappa shape index (κ1) is 62.2. The van der Waals surface area contributed by atoms with Crippen LogP contribution in [-0.2, 0) is 44.5 Å². The van der Waals surface area contributed by atoms with E-state index in [0.29, 0.717) is 90.5 Å². The molecule has 12 rings (SSSR count). The maximum Gasteiger partial charge on any atom is 0.343 e. The number of carbonyl (C=O) groups excluding carboxylic acids is 2. The van der Waals surface area contributed by atoms with Crippen molar-refractivity contribution >= 4 is 49.8 Å². The predicted octanol–water partition coefficient (Wildman–Crippen LogP) is 13.0. The van der Waals surface area contributed by atoms with Crippen LogP contribution in [0.15, 0.2) is 121 Å². The number of ether oxygens (including phenoxy) is 2. The molecule has 0 spiro atoms. The van der Waals surface area contributed by atoms with E-state index in [-0.39, 0.29) is 35.2 Å². The quantitative estimate of drug-likeness (QED) is 0.0163. The molecule has 10 unspecified atom stereocenters. The number of aryl methyl sites for hydroxylation is 2. The van der Waals surface area contributed by atoms with Crippen LogP contribution >= 0.6 is 0 Å². The van der Waals surface area contributed by atoms with Crippen LogP contribution in [0.25, 0.3) is 0 Å². The zero-order chi connectivity index (χ0) is 62.1. The van der Waals surface area contributed by atoms with Crippen LogP contribution in [0.4, 0.5) is 11.4 Å². The topological polar surface area (TPSA) is 191 Å². The van der Waals surface area contributed by atoms with Crippen LogP contribution in [0.1, 0.15) is 197 Å². The van der Waals surface area contributed by atoms with Crippen molar-refractivity contribution in [1.82, 2.24) is 0 Å². The number of thiol groups is 1. The highest BCUT2D eigenvalue weighted by atomic mass is 32.2. The molecule has 0 saturated heterocycles. The van der Waals surface area contributed by atoms with Crippen LogP contribution in [0.3, 0.4) is 0 Å². The number of benzene rings is 4. The van der Waals surface area contributed by atoms with Gasteiger partial charge >= 0.3 is 11.9 Å². The third kappa shape index (κ3) is 11.7. The van der Waals surface area contributed by atoms with Crippen molar-refractivity contribution in [2.45, 2.75) is 179 Å². The second-order valence-electron chi connectivity index (χ2n) is 28.4. The average molecular weight is 1230 g/mol. The molecule has 2 aliphatic heterocycles. The van der Waals surface area contributed by atoms with E-state index in [4.69, 9.17) is 9.47 Å². The largest absolute Gasteiger partial charge is 0.748 e. The van der Waals surface area contributed by atoms with E-state index in [1.165, 1.54) is 22.3 Å². The van der Waals surface area contributed by atoms with Crippen molar-refractivity contribution in [3.63, 3.8) is 0 Å². The molecular weight excluding hydrogens is 1140 g/mol. The lowest BCUT2D eigenvalue weighted by Crippen LogP contribution is -2.43. The second kappa shape index (κ2) is 24.3. The van der Waals surface area contributed by atoms with E-state index in [1.54, 1.807) is 6.07 Å². The SMILES string of the molecule is CC1(C)C(/C=C/C=C/C=C/C=C2\N(CCCCS(=O)(=O)[O-])c3ccc(C(=O)Oc4ccc5c(c4)CCC4C5CCC5(C)C(O)CCC45)cc3C2(C)C)=[N+](CCCC[SH](=O)=O)c2ccc(C(=O)Oc3ccc4c(c3)CCC3C4CCC4(C)C(O)CCC34)cc21. The number of hydrogen-bond donors (Lipinski definition) is 3. The Hall–Kier alpha value is -5.97. The van der Waals surface area contributed by atoms with Crippen LogP contribution in [0.2, 0.25) is 0 Å². The number of hydrogen-bond acceptors (Lipinski definition) is 12. The molecule has 4 aromatic rings. The van der Waals surface area contributed by atoms with Crippen molar-refractivity contribution < 1.29 is 55.2 Å². The Labute approximate surface area is 522 Å². The standard InChI is InChI=1S/C73H88N2O11S2/c1-70(2)60-44-48(68(78)85-50-22-26-52-46(42-50)18-24-56-54(52)34-36-72(5)58(56)28-32-66(72)76)20-30-62(60)74(38-12-14-40-87(80)81)64(70)16-10-8-7-9-11-17-65-71(3,4)61-45-49(21-31-63(61)75(65)39-13-15-41-88(82,83)84)69(79)86-51-23-27-53-47(43-51)19-25-57-55(53)35-37-73(6)59(57)29-33-67(73)77/h7-11,16-17,20-23,26-27,30-31,42-45,54-59,66-67,76-77,87H,12-15,18-19,24-25,28-29,32-41H2,1-6H3. The van der Waals surface area contributed by atoms with Gasteiger partial charge in [0.05, 0.1) is 38.9 Å². The minimum atomic E-state index is -4.37. The van der Waals surface area contributed by atoms with Gasteiger partial charge in [0.25, 0.3) is 0 Å². The Morgan fingerprint density at radius 2 is 1.20 bits per heavy atom. The lowest BCUT2D eigenvalue weighted by Gasteiger charge is -2.50. The lowest BCUT2D eigenvalue weighted by atomic mass is 9.55. The predicted molar refractivity (Wildman–Crippen MR) is 344 cm³/mol. The molecule has 4 fully saturated rings. The summed E-state index contributed by atoms with van der Waals surface area (Å²) in [4.78, 5) is 30.2. The van der Waals surface area contributed by atoms with Gasteiger partial charge < -0.3 is 29.1 Å². The third-order valence-electron chi connectivity index (χ3n) is 22.9. The Balaban J connectivity index is 0.730. The van der Waals surface area contributed by atoms with E-state index in [9.17, 15) is 41.2 Å². The first-order valence-corrected chi connectivity index (χ1v) is 35.5. The normalized spacial score (nSPS) is 29.5. The highest BCUT2D eigenvalue weighted by Gasteiger charge is 2.56. The first-order chi connectivity index (χ1) is 42.0. The highest BCUT2D eigenvalue weighted by Crippen LogP contribution is 2.63. The molecule has 0 radical (unpaired) electrons. The number of carbonyl (C=O) groups is 2. The minimum absolute atomic E-state index is 0.00776. The number of aliphatic hydroxyl groups excluding tert-OH is 2. The third-order valence-corrected chi connectivity index (χ3v) is 24.4. The Kier molecular flexibility index (Phi) is 17.2. The van der Waals surface area contributed by atoms with Crippen LogP contribution in [-0.4, -0.2) is 90.6 Å². The Bertz CT molecular complexity index is 3770. The molecule has 4 saturated carbocycles. The monoisotopic (exact) mass is 1230 g/mol. The summed E-state index contributed by atoms with van der Waals surface area (Å²) in [5.74, 6) is 3.00. The van der Waals surface area contributed by atoms with E-state index in [0.717, 1.165) is 111 Å². The summed E-state index contributed by atoms with van der Waals surface area (Å²) >= 11 is 0. The number of rotatable bonds is 18. The second-order valence-corrected chi connectivity index (χ2v) is 31.1. The number of fused-ring (bicyclic) bond motifs is 12. The van der Waals surface area contributed by atoms with Gasteiger partial charge in [-0.3, -0.25) is 0 Å². The van der Waals surface area contributed by atoms with Crippen LogP contribution < -0.4 is 14.4 Å². The van der Waals surface area contributed by atoms with E-state index in [1.807, 2.05) is 85.0 Å². The van der Waals surface area contributed by atoms with Gasteiger partial charge in [-0.05, 0) is 245 Å². The first-order valence-electron chi connectivity index (χ1n) is 32.5. The molecule has 6 aliphatic carbocycles. The van der Waals surface area contributed by atoms with E-state index in [2.05, 4.69) is 75.3 Å². The molecule has 0 bridgehead atoms. The smallest absolute Gasteiger partial charge is 0.343 e. The van der Waals surface area contributed by atoms with Crippen LogP contribution in [0, 0.1) is 34.5 Å². The molecule has 2 N–H and O–H groups in total. The van der Waals surface area contributed by atoms with Gasteiger partial charge in [0, 0.05) is 59.0 Å². The van der Waals surface area contributed by atoms with Crippen molar-refractivity contribution in [3.8, 4) is 11.5 Å². The fraction of sp³-hybridized carbons (Fsp3) is 0.521. The summed E-state index contributed by atoms with van der Waals surface area (Å²) in [5.41, 5.74) is 10.7. The summed E-state index contributed by atoms with van der Waals surface area (Å²) < 4.78 is 72.3. The zero-order valence-electron chi connectivity index (χ0n) is 52.0. The summed E-state index contributed by atoms with van der Waals surface area (Å²) in [6, 6.07) is 23.6. The summed E-state index contributed by atoms with van der Waals surface area (Å²) in [6.07, 6.45) is 27.5. The van der Waals surface area contributed by atoms with Crippen molar-refractivity contribution in [2.24, 2.45) is 34.5 Å². The molecule has 0 amide bonds. The van der Waals surface area contributed by atoms with Gasteiger partial charge in [0.15, 0.2) is 5.71 Å². The molecule has 468 valence electrons. The number of aliphatic hydroxyl groups is 2. The molecule has 2 heterocycles. The molecule has 13 nitrogen and oxygen atoms in total. The summed E-state index contributed by atoms with van der Waals surface area (Å²) in [6.45, 7) is 14.1. The van der Waals surface area contributed by atoms with Gasteiger partial charge in [0.2, 0.25) is 5.69 Å². The number of anilines is 1. The van der Waals surface area contributed by atoms with Gasteiger partial charge in [-0.15, -0.1) is 0 Å². The molecule has 10 atom stereocenters. The fourth-order valence-corrected chi connectivity index (χ4v) is 19.2. The highest BCUT2D eigenvalue weighted by molar-refractivity contribution is 7.85. The number of allylic oxidation sites excluding steroid dienone is 8. The molecule has 8 aliphatic rings. The Morgan fingerprint density at radius 3 is 1.78 bits per heavy atom. The fourth-order valence-electron chi connectivity index (χ4n) is 18.2. The average Bonchev–Trinajstić information content (AvgIpc) is 1.47. The number of nitrogens with zero attached hydrogens (tertiary/aromatic N) is 2. The maximum atomic E-state index is 14.0. The number of esters is 2. The van der Waals surface area contributed by atoms with Gasteiger partial charge in [-0.2, -0.15) is 4.58 Å². The van der Waals surface area contributed by atoms with Crippen molar-refractivity contribution in [3.05, 3.63) is 166 Å². The van der Waals surface area contributed by atoms with Gasteiger partial charge in [-0.1, -0.05) is 70.2 Å². The lowest BCUT2D eigenvalue weighted by molar-refractivity contribution is -0.438. The maximum absolute atomic E-state index is 14.0. The van der Waals surface area contributed by atoms with E-state index < -0.39 is 49.3 Å². The van der Waals surface area contributed by atoms with Crippen molar-refractivity contribution in [1.29, 1.82) is 0 Å². The number of unbranched alkanes of at least 4 members (excludes halogenated alkanes) is 2. The molecule has 0 aromatic heterocycles.